The normalized spacial score (nSPS) is 52.8. The van der Waals surface area contributed by atoms with E-state index < -0.39 is 309 Å². The number of thioether (sulfide) groups is 1. The van der Waals surface area contributed by atoms with Crippen molar-refractivity contribution in [2.75, 3.05) is 57.8 Å². The molecule has 30 aliphatic rings. The quantitative estimate of drug-likeness (QED) is 0.0854. The Hall–Kier alpha value is -0.740. The number of aliphatic hydroxyl groups is 23. The molecule has 30 saturated heterocycles. The van der Waals surface area contributed by atoms with Gasteiger partial charge in [0.05, 0.1) is 58.3 Å². The second kappa shape index (κ2) is 33.8. The van der Waals surface area contributed by atoms with Gasteiger partial charge in [0.2, 0.25) is 0 Å². The van der Waals surface area contributed by atoms with E-state index in [4.69, 9.17) is 75.8 Å². The van der Waals surface area contributed by atoms with Gasteiger partial charge in [-0.2, -0.15) is 11.8 Å². The SMILES string of the molecule is O=C([O-])CSCC1O[C@@H]2O[C@@H]3C(CO)O[C@H](O[C@@H]4C(CO)O[C@H](O[C@@H]5C(CO)O[C@H](O[C@@H]6C(CO)O[C@H](O[C@@H]7C(CO)O[C@H](O[C@@H]8C(CO)O[C@H](O[C@@H]9C(CO)O[C@H](O[C@H]1C(O)C2O)C(O)C9O)C(O)C8O)C(O)C7O)C(O)C6O)C(O)C5O)C(O)C4O)C(O)C3O.[Na+]. The molecule has 30 aliphatic heterocycles. The zero-order valence-corrected chi connectivity index (χ0v) is 51.8. The van der Waals surface area contributed by atoms with Gasteiger partial charge >= 0.3 is 29.6 Å². The fourth-order valence-electron chi connectivity index (χ4n) is 12.1. The van der Waals surface area contributed by atoms with Crippen LogP contribution in [0.1, 0.15) is 0 Å². The molecule has 16 bridgehead atoms. The molecule has 93 heavy (non-hydrogen) atoms. The molecule has 40 atom stereocenters. The molecule has 0 aromatic heterocycles. The van der Waals surface area contributed by atoms with Crippen LogP contribution in [-0.4, -0.2) is 427 Å². The minimum absolute atomic E-state index is 0. The predicted octanol–water partition coefficient (Wildman–Crippen LogP) is -20.9. The molecule has 0 aliphatic carbocycles. The predicted molar refractivity (Wildman–Crippen MR) is 276 cm³/mol. The van der Waals surface area contributed by atoms with Gasteiger partial charge in [-0.25, -0.2) is 0 Å². The number of aliphatic hydroxyl groups excluding tert-OH is 23. The molecule has 24 unspecified atom stereocenters. The summed E-state index contributed by atoms with van der Waals surface area (Å²) in [4.78, 5) is 11.5. The van der Waals surface area contributed by atoms with Crippen LogP contribution in [0.25, 0.3) is 0 Å². The second-order valence-electron chi connectivity index (χ2n) is 23.2. The van der Waals surface area contributed by atoms with Crippen molar-refractivity contribution in [3.8, 4) is 0 Å². The molecule has 0 radical (unpaired) electrons. The van der Waals surface area contributed by atoms with Gasteiger partial charge in [0, 0.05) is 11.5 Å². The standard InChI is InChI=1S/C50H82O41S.Na/c51-1-10-35-19(60)27(68)43(76-10)85-36-11(2-52)78-45(29(70)21(36)62)87-38-13(4-54)80-47(31(72)23(38)64)89-40-15(6-56)82-49(33(74)25(40)66)91-42-17(8-92-9-18(58)59)83-50(34(75)26(42)67)90-41-16(7-57)81-48(32(73)24(41)65)88-39-14(5-55)79-46(30(71)22(39)63)86-37-12(3-53)77-44(84-35)28(69)20(37)61;/h10-17,19-57,60-75H,1-9H2,(H,58,59);/q;+1/p-1/t10?,11?,12?,13?,14?,15?,16?,17?,19?,20?,21?,22?,23?,24?,25?,26?,27?,28?,29?,30?,31?,32?,33?,34?,35-,36-,37-,38-,39-,40-,41-,42-,43-,44-,45-,46-,47-,48-,49-,50-;/m1./s1. The van der Waals surface area contributed by atoms with Crippen molar-refractivity contribution in [3.63, 3.8) is 0 Å². The Labute approximate surface area is 551 Å². The van der Waals surface area contributed by atoms with Crippen molar-refractivity contribution in [2.45, 2.75) is 246 Å². The summed E-state index contributed by atoms with van der Waals surface area (Å²) in [5.74, 6) is -2.80. The minimum Gasteiger partial charge on any atom is -0.549 e. The first-order valence-electron chi connectivity index (χ1n) is 29.2. The molecule has 41 nitrogen and oxygen atoms in total. The Morgan fingerprint density at radius 2 is 0.387 bits per heavy atom. The van der Waals surface area contributed by atoms with Crippen LogP contribution in [-0.2, 0) is 80.6 Å². The molecule has 30 rings (SSSR count). The maximum atomic E-state index is 11.6. The van der Waals surface area contributed by atoms with E-state index >= 15 is 0 Å². The van der Waals surface area contributed by atoms with E-state index in [1.807, 2.05) is 0 Å². The van der Waals surface area contributed by atoms with Crippen LogP contribution in [0.15, 0.2) is 0 Å². The number of ether oxygens (including phenoxy) is 16. The van der Waals surface area contributed by atoms with Gasteiger partial charge in [-0.05, 0) is 0 Å². The second-order valence-corrected chi connectivity index (χ2v) is 24.2. The van der Waals surface area contributed by atoms with E-state index in [0.717, 1.165) is 0 Å². The number of carbonyl (C=O) groups is 1. The summed E-state index contributed by atoms with van der Waals surface area (Å²) in [7, 11) is 0. The first kappa shape index (κ1) is 78.0. The van der Waals surface area contributed by atoms with E-state index in [-0.39, 0.29) is 29.6 Å². The third-order valence-electron chi connectivity index (χ3n) is 17.2. The van der Waals surface area contributed by atoms with Gasteiger partial charge in [0.25, 0.3) is 0 Å². The van der Waals surface area contributed by atoms with E-state index in [2.05, 4.69) is 0 Å². The van der Waals surface area contributed by atoms with Crippen LogP contribution in [0.4, 0.5) is 0 Å². The Kier molecular flexibility index (Phi) is 28.4. The molecule has 23 N–H and O–H groups in total. The molecule has 43 heteroatoms. The first-order valence-corrected chi connectivity index (χ1v) is 30.3. The maximum absolute atomic E-state index is 11.6. The van der Waals surface area contributed by atoms with Crippen LogP contribution in [0.2, 0.25) is 0 Å². The number of carboxylic acid groups (broad SMARTS) is 1. The zero-order chi connectivity index (χ0) is 67.1. The molecule has 30 heterocycles. The minimum atomic E-state index is -2.28. The Balaban J connectivity index is 0.0000111. The Morgan fingerprint density at radius 1 is 0.247 bits per heavy atom. The van der Waals surface area contributed by atoms with Crippen molar-refractivity contribution in [2.24, 2.45) is 0 Å². The van der Waals surface area contributed by atoms with E-state index in [0.29, 0.717) is 11.8 Å². The van der Waals surface area contributed by atoms with Crippen LogP contribution in [0.5, 0.6) is 0 Å². The van der Waals surface area contributed by atoms with Crippen molar-refractivity contribution >= 4 is 17.7 Å². The van der Waals surface area contributed by atoms with Gasteiger partial charge in [-0.15, -0.1) is 0 Å². The smallest absolute Gasteiger partial charge is 0.549 e. The molecule has 0 aromatic carbocycles. The van der Waals surface area contributed by atoms with Crippen molar-refractivity contribution in [3.05, 3.63) is 0 Å². The topological polar surface area (TPSA) is 653 Å². The molecular weight excluding hydrogens is 1310 g/mol. The summed E-state index contributed by atoms with van der Waals surface area (Å²) in [5.41, 5.74) is 0. The van der Waals surface area contributed by atoms with Gasteiger partial charge in [-0.1, -0.05) is 0 Å². The average Bonchev–Trinajstić information content (AvgIpc) is 0.808. The van der Waals surface area contributed by atoms with E-state index in [1.165, 1.54) is 0 Å². The van der Waals surface area contributed by atoms with Crippen molar-refractivity contribution in [1.82, 2.24) is 0 Å². The largest absolute Gasteiger partial charge is 1.00 e. The molecule has 0 aromatic rings. The number of rotatable bonds is 11. The number of aliphatic carboxylic acids is 1. The van der Waals surface area contributed by atoms with Gasteiger partial charge in [0.15, 0.2) is 50.3 Å². The number of carboxylic acids is 1. The zero-order valence-electron chi connectivity index (χ0n) is 49.0. The summed E-state index contributed by atoms with van der Waals surface area (Å²) in [6, 6.07) is 0. The Bertz CT molecular complexity index is 2290. The third kappa shape index (κ3) is 16.3. The molecule has 534 valence electrons. The van der Waals surface area contributed by atoms with E-state index in [1.54, 1.807) is 0 Å². The summed E-state index contributed by atoms with van der Waals surface area (Å²) in [6.45, 7) is -7.68. The first-order chi connectivity index (χ1) is 43.7. The molecule has 0 saturated carbocycles. The third-order valence-corrected chi connectivity index (χ3v) is 18.2. The number of hydrogen-bond donors (Lipinski definition) is 23. The molecular formula is C50H81NaO41S. The van der Waals surface area contributed by atoms with Crippen LogP contribution >= 0.6 is 11.8 Å². The average molecular weight is 1390 g/mol. The molecule has 30 fully saturated rings. The van der Waals surface area contributed by atoms with Crippen molar-refractivity contribution in [1.29, 1.82) is 0 Å². The van der Waals surface area contributed by atoms with Crippen LogP contribution in [0.3, 0.4) is 0 Å². The van der Waals surface area contributed by atoms with Gasteiger partial charge in [-0.3, -0.25) is 0 Å². The number of hydrogen-bond acceptors (Lipinski definition) is 42. The fourth-order valence-corrected chi connectivity index (χ4v) is 12.9. The van der Waals surface area contributed by atoms with Crippen LogP contribution in [0, 0.1) is 0 Å². The summed E-state index contributed by atoms with van der Waals surface area (Å²) in [5, 5.41) is 268. The maximum Gasteiger partial charge on any atom is 1.00 e. The monoisotopic (exact) mass is 1390 g/mol. The number of carbonyl (C=O) groups excluding carboxylic acids is 1. The molecule has 0 spiro atoms. The summed E-state index contributed by atoms with van der Waals surface area (Å²) >= 11 is 0.598. The van der Waals surface area contributed by atoms with E-state index in [9.17, 15) is 127 Å². The fraction of sp³-hybridized carbons (Fsp3) is 0.980. The van der Waals surface area contributed by atoms with Gasteiger partial charge < -0.3 is 203 Å². The summed E-state index contributed by atoms with van der Waals surface area (Å²) < 4.78 is 91.8. The Morgan fingerprint density at radius 3 is 0.527 bits per heavy atom. The van der Waals surface area contributed by atoms with Crippen LogP contribution < -0.4 is 34.7 Å². The van der Waals surface area contributed by atoms with Crippen molar-refractivity contribution < 1.29 is 233 Å². The summed E-state index contributed by atoms with van der Waals surface area (Å²) in [6.07, 6.45) is -82.6. The molecule has 0 amide bonds. The van der Waals surface area contributed by atoms with Gasteiger partial charge in [0.1, 0.15) is 189 Å².